The quantitative estimate of drug-likeness (QED) is 0.502. The molecule has 0 atom stereocenters. The van der Waals surface area contributed by atoms with Crippen LogP contribution in [-0.4, -0.2) is 10.1 Å². The minimum absolute atomic E-state index is 0.0229. The zero-order valence-corrected chi connectivity index (χ0v) is 17.3. The number of fused-ring (bicyclic) bond motifs is 2. The number of para-hydroxylation sites is 2. The van der Waals surface area contributed by atoms with E-state index in [9.17, 15) is 0 Å². The molecule has 0 saturated heterocycles. The Balaban J connectivity index is 1.83. The number of anilines is 2. The first-order valence-electron chi connectivity index (χ1n) is 10.3. The Bertz CT molecular complexity index is 1110. The minimum Gasteiger partial charge on any atom is -0.377 e. The average Bonchev–Trinajstić information content (AvgIpc) is 3.34. The maximum atomic E-state index is 4.26. The van der Waals surface area contributed by atoms with Crippen molar-refractivity contribution < 1.29 is 0 Å². The molecule has 2 heterocycles. The van der Waals surface area contributed by atoms with Gasteiger partial charge in [-0.1, -0.05) is 36.9 Å². The van der Waals surface area contributed by atoms with E-state index < -0.39 is 0 Å². The third-order valence-corrected chi connectivity index (χ3v) is 6.23. The van der Waals surface area contributed by atoms with Crippen molar-refractivity contribution >= 4 is 22.3 Å². The number of benzene rings is 2. The summed E-state index contributed by atoms with van der Waals surface area (Å²) in [7, 11) is 0. The first kappa shape index (κ1) is 17.4. The molecule has 28 heavy (non-hydrogen) atoms. The molecule has 0 unspecified atom stereocenters. The lowest BCUT2D eigenvalue weighted by atomic mass is 10.0. The van der Waals surface area contributed by atoms with Gasteiger partial charge in [0.15, 0.2) is 0 Å². The Morgan fingerprint density at radius 2 is 1.79 bits per heavy atom. The molecular weight excluding hydrogens is 342 g/mol. The molecule has 0 radical (unpaired) electrons. The summed E-state index contributed by atoms with van der Waals surface area (Å²) in [6.45, 7) is 13.4. The van der Waals surface area contributed by atoms with Gasteiger partial charge >= 0.3 is 0 Å². The van der Waals surface area contributed by atoms with Crippen molar-refractivity contribution in [2.45, 2.75) is 58.0 Å². The predicted molar refractivity (Wildman–Crippen MR) is 120 cm³/mol. The molecule has 1 spiro atoms. The molecule has 0 bridgehead atoms. The fourth-order valence-corrected chi connectivity index (χ4v) is 4.81. The second-order valence-corrected chi connectivity index (χ2v) is 9.54. The van der Waals surface area contributed by atoms with Gasteiger partial charge in [-0.2, -0.15) is 0 Å². The summed E-state index contributed by atoms with van der Waals surface area (Å²) < 4.78 is 2.51. The predicted octanol–water partition coefficient (Wildman–Crippen LogP) is 6.65. The number of rotatable bonds is 1. The highest BCUT2D eigenvalue weighted by molar-refractivity contribution is 5.97. The van der Waals surface area contributed by atoms with E-state index in [-0.39, 0.29) is 11.1 Å². The normalized spacial score (nSPS) is 17.8. The zero-order valence-electron chi connectivity index (χ0n) is 17.3. The largest absolute Gasteiger partial charge is 0.377 e. The Hall–Kier alpha value is -2.68. The Morgan fingerprint density at radius 3 is 2.50 bits per heavy atom. The van der Waals surface area contributed by atoms with Crippen LogP contribution in [0.4, 0.5) is 11.4 Å². The summed E-state index contributed by atoms with van der Waals surface area (Å²) in [6.07, 6.45) is 3.41. The summed E-state index contributed by atoms with van der Waals surface area (Å²) >= 11 is 0. The number of nitrogens with one attached hydrogen (secondary N) is 2. The van der Waals surface area contributed by atoms with Gasteiger partial charge in [-0.25, -0.2) is 0 Å². The molecule has 3 heteroatoms. The monoisotopic (exact) mass is 371 g/mol. The van der Waals surface area contributed by atoms with Gasteiger partial charge in [-0.3, -0.25) is 0 Å². The van der Waals surface area contributed by atoms with Gasteiger partial charge in [0.25, 0.3) is 0 Å². The molecule has 144 valence electrons. The van der Waals surface area contributed by atoms with Crippen molar-refractivity contribution in [2.24, 2.45) is 0 Å². The van der Waals surface area contributed by atoms with Crippen LogP contribution in [0.5, 0.6) is 0 Å². The highest BCUT2D eigenvalue weighted by atomic mass is 15.1. The van der Waals surface area contributed by atoms with Crippen LogP contribution < -0.4 is 10.6 Å². The van der Waals surface area contributed by atoms with Crippen LogP contribution in [0.15, 0.2) is 54.7 Å². The van der Waals surface area contributed by atoms with Crippen LogP contribution in [0.3, 0.4) is 0 Å². The van der Waals surface area contributed by atoms with Crippen LogP contribution in [0.25, 0.3) is 22.2 Å². The average molecular weight is 372 g/mol. The fourth-order valence-electron chi connectivity index (χ4n) is 4.81. The van der Waals surface area contributed by atoms with Crippen molar-refractivity contribution in [3.63, 3.8) is 0 Å². The van der Waals surface area contributed by atoms with Crippen LogP contribution in [0.1, 0.15) is 45.6 Å². The topological polar surface area (TPSA) is 29.0 Å². The van der Waals surface area contributed by atoms with Crippen LogP contribution in [0, 0.1) is 6.92 Å². The van der Waals surface area contributed by atoms with Gasteiger partial charge in [0, 0.05) is 39.7 Å². The first-order valence-corrected chi connectivity index (χ1v) is 10.3. The van der Waals surface area contributed by atoms with Gasteiger partial charge in [-0.05, 0) is 58.2 Å². The van der Waals surface area contributed by atoms with Gasteiger partial charge in [0.05, 0.1) is 17.1 Å². The summed E-state index contributed by atoms with van der Waals surface area (Å²) in [5.41, 5.74) is 8.84. The SMILES string of the molecule is C=C1CC2(CC2)Nc2c(cccc2-c2c(C)c3ccccc3n2C(C)(C)C)N1. The zero-order chi connectivity index (χ0) is 19.7. The Morgan fingerprint density at radius 1 is 1.04 bits per heavy atom. The standard InChI is InChI=1S/C25H29N3/c1-16-15-25(13-14-25)27-22-19(10-8-11-20(22)26-16)23-17(2)18-9-6-7-12-21(18)28(23)24(3,4)5/h6-12,26-27H,1,13-15H2,2-5H3. The van der Waals surface area contributed by atoms with Gasteiger partial charge in [-0.15, -0.1) is 0 Å². The summed E-state index contributed by atoms with van der Waals surface area (Å²) in [5.74, 6) is 0. The lowest BCUT2D eigenvalue weighted by Crippen LogP contribution is -2.24. The molecule has 1 aliphatic heterocycles. The van der Waals surface area contributed by atoms with Gasteiger partial charge in [0.2, 0.25) is 0 Å². The fraction of sp³-hybridized carbons (Fsp3) is 0.360. The highest BCUT2D eigenvalue weighted by Gasteiger charge is 2.45. The number of aromatic nitrogens is 1. The van der Waals surface area contributed by atoms with Crippen LogP contribution >= 0.6 is 0 Å². The molecule has 1 fully saturated rings. The third-order valence-electron chi connectivity index (χ3n) is 6.23. The van der Waals surface area contributed by atoms with Crippen molar-refractivity contribution in [3.8, 4) is 11.3 Å². The van der Waals surface area contributed by atoms with Crippen molar-refractivity contribution in [2.75, 3.05) is 10.6 Å². The van der Waals surface area contributed by atoms with Gasteiger partial charge in [0.1, 0.15) is 0 Å². The van der Waals surface area contributed by atoms with Crippen molar-refractivity contribution in [1.82, 2.24) is 4.57 Å². The molecular formula is C25H29N3. The number of nitrogens with zero attached hydrogens (tertiary/aromatic N) is 1. The van der Waals surface area contributed by atoms with E-state index in [1.54, 1.807) is 0 Å². The molecule has 2 aromatic carbocycles. The molecule has 1 saturated carbocycles. The summed E-state index contributed by atoms with van der Waals surface area (Å²) in [6, 6.07) is 15.4. The van der Waals surface area contributed by atoms with E-state index in [1.807, 2.05) is 0 Å². The maximum Gasteiger partial charge on any atom is 0.0678 e. The van der Waals surface area contributed by atoms with Gasteiger partial charge < -0.3 is 15.2 Å². The molecule has 2 aliphatic rings. The maximum absolute atomic E-state index is 4.26. The Kier molecular flexibility index (Phi) is 3.52. The molecule has 1 aliphatic carbocycles. The summed E-state index contributed by atoms with van der Waals surface area (Å²) in [5, 5.41) is 8.82. The van der Waals surface area contributed by atoms with E-state index in [0.717, 1.165) is 17.8 Å². The van der Waals surface area contributed by atoms with E-state index in [2.05, 4.69) is 91.9 Å². The van der Waals surface area contributed by atoms with E-state index in [1.165, 1.54) is 46.3 Å². The van der Waals surface area contributed by atoms with E-state index >= 15 is 0 Å². The third kappa shape index (κ3) is 2.56. The van der Waals surface area contributed by atoms with Crippen LogP contribution in [0.2, 0.25) is 0 Å². The first-order chi connectivity index (χ1) is 13.3. The number of hydrogen-bond donors (Lipinski definition) is 2. The van der Waals surface area contributed by atoms with E-state index in [4.69, 9.17) is 0 Å². The smallest absolute Gasteiger partial charge is 0.0678 e. The van der Waals surface area contributed by atoms with E-state index in [0.29, 0.717) is 0 Å². The molecule has 3 aromatic rings. The highest BCUT2D eigenvalue weighted by Crippen LogP contribution is 2.51. The molecule has 1 aromatic heterocycles. The second kappa shape index (κ2) is 5.66. The molecule has 2 N–H and O–H groups in total. The van der Waals surface area contributed by atoms with Crippen LogP contribution in [-0.2, 0) is 5.54 Å². The number of hydrogen-bond acceptors (Lipinski definition) is 2. The number of aryl methyl sites for hydroxylation is 1. The molecule has 5 rings (SSSR count). The lowest BCUT2D eigenvalue weighted by molar-refractivity contribution is 0.415. The molecule has 3 nitrogen and oxygen atoms in total. The van der Waals surface area contributed by atoms with Crippen molar-refractivity contribution in [3.05, 3.63) is 60.3 Å². The Labute approximate surface area is 167 Å². The second-order valence-electron chi connectivity index (χ2n) is 9.54. The molecule has 0 amide bonds. The lowest BCUT2D eigenvalue weighted by Gasteiger charge is -2.28. The summed E-state index contributed by atoms with van der Waals surface area (Å²) in [4.78, 5) is 0. The van der Waals surface area contributed by atoms with Crippen molar-refractivity contribution in [1.29, 1.82) is 0 Å². The minimum atomic E-state index is -0.0229.